The van der Waals surface area contributed by atoms with Gasteiger partial charge >= 0.3 is 6.09 Å². The number of anilines is 1. The van der Waals surface area contributed by atoms with Crippen LogP contribution in [0.5, 0.6) is 0 Å². The molecule has 1 amide bonds. The van der Waals surface area contributed by atoms with Gasteiger partial charge in [0.15, 0.2) is 0 Å². The average molecular weight is 313 g/mol. The fraction of sp³-hybridized carbons (Fsp3) is 0.294. The fourth-order valence-electron chi connectivity index (χ4n) is 2.76. The van der Waals surface area contributed by atoms with Gasteiger partial charge in [-0.05, 0) is 11.6 Å². The van der Waals surface area contributed by atoms with E-state index in [0.29, 0.717) is 5.57 Å². The molecule has 0 unspecified atom stereocenters. The Morgan fingerprint density at radius 3 is 2.87 bits per heavy atom. The minimum absolute atomic E-state index is 0.0535. The van der Waals surface area contributed by atoms with Gasteiger partial charge in [0, 0.05) is 35.9 Å². The minimum atomic E-state index is -0.812. The van der Waals surface area contributed by atoms with Crippen LogP contribution in [0.25, 0.3) is 16.5 Å². The molecule has 0 atom stereocenters. The number of rotatable bonds is 4. The van der Waals surface area contributed by atoms with E-state index < -0.39 is 6.09 Å². The topological polar surface area (TPSA) is 77.7 Å². The first-order valence-corrected chi connectivity index (χ1v) is 7.47. The lowest BCUT2D eigenvalue weighted by molar-refractivity contribution is 0.123. The third-order valence-electron chi connectivity index (χ3n) is 3.87. The number of hydrogen-bond acceptors (Lipinski definition) is 5. The van der Waals surface area contributed by atoms with Crippen LogP contribution < -0.4 is 10.6 Å². The van der Waals surface area contributed by atoms with Gasteiger partial charge in [-0.1, -0.05) is 24.8 Å². The number of fused-ring (bicyclic) bond motifs is 1. The van der Waals surface area contributed by atoms with E-state index >= 15 is 0 Å². The van der Waals surface area contributed by atoms with Crippen molar-refractivity contribution in [3.63, 3.8) is 0 Å². The standard InChI is InChI=1S/C17H19N3O3/c1-12(11-23-17(18)21)13-3-2-4-14-15(5-6-19-16(13)14)20-7-9-22-10-8-20/h2-6H,1,7-11H2,(H2,18,21). The summed E-state index contributed by atoms with van der Waals surface area (Å²) in [5.74, 6) is 0. The molecule has 120 valence electrons. The molecule has 0 bridgehead atoms. The summed E-state index contributed by atoms with van der Waals surface area (Å²) in [6.45, 7) is 7.20. The molecule has 6 nitrogen and oxygen atoms in total. The number of nitrogens with zero attached hydrogens (tertiary/aromatic N) is 2. The van der Waals surface area contributed by atoms with Gasteiger partial charge in [0.1, 0.15) is 6.61 Å². The predicted octanol–water partition coefficient (Wildman–Crippen LogP) is 2.18. The molecule has 0 spiro atoms. The van der Waals surface area contributed by atoms with Crippen LogP contribution in [0.1, 0.15) is 5.56 Å². The number of nitrogens with two attached hydrogens (primary N) is 1. The first-order chi connectivity index (χ1) is 11.2. The zero-order chi connectivity index (χ0) is 16.2. The highest BCUT2D eigenvalue weighted by Gasteiger charge is 2.16. The Hall–Kier alpha value is -2.60. The highest BCUT2D eigenvalue weighted by molar-refractivity contribution is 5.98. The molecule has 2 N–H and O–H groups in total. The van der Waals surface area contributed by atoms with Crippen molar-refractivity contribution < 1.29 is 14.3 Å². The van der Waals surface area contributed by atoms with Crippen molar-refractivity contribution in [3.05, 3.63) is 42.6 Å². The maximum atomic E-state index is 10.8. The summed E-state index contributed by atoms with van der Waals surface area (Å²) in [6.07, 6.45) is 0.979. The van der Waals surface area contributed by atoms with Crippen molar-refractivity contribution in [1.82, 2.24) is 4.98 Å². The predicted molar refractivity (Wildman–Crippen MR) is 89.3 cm³/mol. The number of amides is 1. The lowest BCUT2D eigenvalue weighted by Crippen LogP contribution is -2.36. The van der Waals surface area contributed by atoms with E-state index in [2.05, 4.69) is 16.5 Å². The summed E-state index contributed by atoms with van der Waals surface area (Å²) >= 11 is 0. The Kier molecular flexibility index (Phi) is 4.43. The number of carbonyl (C=O) groups is 1. The second-order valence-corrected chi connectivity index (χ2v) is 5.34. The van der Waals surface area contributed by atoms with E-state index in [9.17, 15) is 4.79 Å². The van der Waals surface area contributed by atoms with Crippen molar-refractivity contribution in [2.75, 3.05) is 37.8 Å². The van der Waals surface area contributed by atoms with Crippen LogP contribution in [0.2, 0.25) is 0 Å². The lowest BCUT2D eigenvalue weighted by atomic mass is 10.0. The van der Waals surface area contributed by atoms with E-state index in [-0.39, 0.29) is 6.61 Å². The number of benzene rings is 1. The van der Waals surface area contributed by atoms with Crippen LogP contribution in [0.15, 0.2) is 37.0 Å². The van der Waals surface area contributed by atoms with E-state index in [1.165, 1.54) is 0 Å². The Morgan fingerprint density at radius 1 is 1.35 bits per heavy atom. The Labute approximate surface area is 134 Å². The summed E-state index contributed by atoms with van der Waals surface area (Å²) in [6, 6.07) is 7.93. The molecule has 2 aromatic rings. The molecule has 0 saturated carbocycles. The second kappa shape index (κ2) is 6.66. The lowest BCUT2D eigenvalue weighted by Gasteiger charge is -2.29. The van der Waals surface area contributed by atoms with E-state index in [4.69, 9.17) is 15.2 Å². The van der Waals surface area contributed by atoms with Crippen LogP contribution in [0, 0.1) is 0 Å². The van der Waals surface area contributed by atoms with Gasteiger partial charge in [-0.15, -0.1) is 0 Å². The number of aromatic nitrogens is 1. The molecule has 23 heavy (non-hydrogen) atoms. The van der Waals surface area contributed by atoms with Crippen molar-refractivity contribution in [2.45, 2.75) is 0 Å². The average Bonchev–Trinajstić information content (AvgIpc) is 2.59. The molecular weight excluding hydrogens is 294 g/mol. The van der Waals surface area contributed by atoms with Gasteiger partial charge < -0.3 is 20.1 Å². The van der Waals surface area contributed by atoms with Gasteiger partial charge in [-0.2, -0.15) is 0 Å². The van der Waals surface area contributed by atoms with Gasteiger partial charge in [0.05, 0.1) is 18.7 Å². The molecule has 6 heteroatoms. The normalized spacial score (nSPS) is 14.7. The van der Waals surface area contributed by atoms with Crippen LogP contribution in [-0.2, 0) is 9.47 Å². The Bertz CT molecular complexity index is 739. The molecule has 1 aromatic carbocycles. The monoisotopic (exact) mass is 313 g/mol. The first kappa shape index (κ1) is 15.3. The smallest absolute Gasteiger partial charge is 0.404 e. The molecule has 0 radical (unpaired) electrons. The molecule has 2 heterocycles. The second-order valence-electron chi connectivity index (χ2n) is 5.34. The summed E-state index contributed by atoms with van der Waals surface area (Å²) < 4.78 is 10.3. The fourth-order valence-corrected chi connectivity index (χ4v) is 2.76. The summed E-state index contributed by atoms with van der Waals surface area (Å²) in [7, 11) is 0. The van der Waals surface area contributed by atoms with Crippen LogP contribution in [0.4, 0.5) is 10.5 Å². The molecule has 1 fully saturated rings. The third-order valence-corrected chi connectivity index (χ3v) is 3.87. The van der Waals surface area contributed by atoms with Crippen molar-refractivity contribution in [1.29, 1.82) is 0 Å². The molecule has 1 saturated heterocycles. The van der Waals surface area contributed by atoms with Crippen molar-refractivity contribution in [2.24, 2.45) is 5.73 Å². The van der Waals surface area contributed by atoms with Crippen molar-refractivity contribution in [3.8, 4) is 0 Å². The van der Waals surface area contributed by atoms with Crippen LogP contribution in [0.3, 0.4) is 0 Å². The highest BCUT2D eigenvalue weighted by Crippen LogP contribution is 2.30. The van der Waals surface area contributed by atoms with E-state index in [1.54, 1.807) is 6.20 Å². The third kappa shape index (κ3) is 3.27. The number of carbonyl (C=O) groups excluding carboxylic acids is 1. The highest BCUT2D eigenvalue weighted by atomic mass is 16.5. The van der Waals surface area contributed by atoms with Crippen molar-refractivity contribution >= 4 is 28.3 Å². The first-order valence-electron chi connectivity index (χ1n) is 7.47. The zero-order valence-corrected chi connectivity index (χ0v) is 12.8. The van der Waals surface area contributed by atoms with Crippen LogP contribution in [-0.4, -0.2) is 44.0 Å². The van der Waals surface area contributed by atoms with Gasteiger partial charge in [-0.3, -0.25) is 4.98 Å². The number of morpholine rings is 1. The number of hydrogen-bond donors (Lipinski definition) is 1. The SMILES string of the molecule is C=C(COC(N)=O)c1cccc2c(N3CCOCC3)ccnc12. The molecule has 3 rings (SSSR count). The van der Waals surface area contributed by atoms with Gasteiger partial charge in [0.2, 0.25) is 0 Å². The van der Waals surface area contributed by atoms with E-state index in [1.807, 2.05) is 24.3 Å². The maximum absolute atomic E-state index is 10.8. The molecule has 0 aliphatic carbocycles. The number of para-hydroxylation sites is 1. The number of pyridine rings is 1. The number of ether oxygens (including phenoxy) is 2. The number of primary amides is 1. The summed E-state index contributed by atoms with van der Waals surface area (Å²) in [5, 5.41) is 1.05. The van der Waals surface area contributed by atoms with Gasteiger partial charge in [0.25, 0.3) is 0 Å². The Balaban J connectivity index is 1.98. The summed E-state index contributed by atoms with van der Waals surface area (Å²) in [5.41, 5.74) is 8.52. The molecular formula is C17H19N3O3. The maximum Gasteiger partial charge on any atom is 0.404 e. The zero-order valence-electron chi connectivity index (χ0n) is 12.8. The van der Waals surface area contributed by atoms with Gasteiger partial charge in [-0.25, -0.2) is 4.79 Å². The largest absolute Gasteiger partial charge is 0.445 e. The molecule has 1 aliphatic rings. The summed E-state index contributed by atoms with van der Waals surface area (Å²) in [4.78, 5) is 17.6. The van der Waals surface area contributed by atoms with Crippen LogP contribution >= 0.6 is 0 Å². The minimum Gasteiger partial charge on any atom is -0.445 e. The van der Waals surface area contributed by atoms with E-state index in [0.717, 1.165) is 48.5 Å². The molecule has 1 aliphatic heterocycles. The quantitative estimate of drug-likeness (QED) is 0.936. The Morgan fingerprint density at radius 2 is 2.13 bits per heavy atom. The molecule has 1 aromatic heterocycles.